The minimum atomic E-state index is 0.0818. The van der Waals surface area contributed by atoms with E-state index >= 15 is 0 Å². The molecule has 0 aromatic carbocycles. The molecule has 0 saturated heterocycles. The van der Waals surface area contributed by atoms with Crippen molar-refractivity contribution in [3.05, 3.63) is 0 Å². The first-order chi connectivity index (χ1) is 12.0. The summed E-state index contributed by atoms with van der Waals surface area (Å²) in [7, 11) is 0. The van der Waals surface area contributed by atoms with Crippen LogP contribution < -0.4 is 0 Å². The van der Waals surface area contributed by atoms with E-state index < -0.39 is 0 Å². The highest BCUT2D eigenvalue weighted by molar-refractivity contribution is 5.80. The van der Waals surface area contributed by atoms with E-state index in [-0.39, 0.29) is 11.7 Å². The Morgan fingerprint density at radius 3 is 1.32 bits per heavy atom. The lowest BCUT2D eigenvalue weighted by molar-refractivity contribution is -0.123. The molecule has 0 spiro atoms. The number of carbonyl (C=O) groups is 1. The number of ether oxygens (including phenoxy) is 5. The second kappa shape index (κ2) is 18.3. The molecule has 6 nitrogen and oxygen atoms in total. The van der Waals surface area contributed by atoms with Crippen LogP contribution in [0.25, 0.3) is 0 Å². The molecule has 0 saturated carbocycles. The standard InChI is InChI=1S/C19H38O6/c1-17(2)5-7-21-9-11-23-13-15-25-16-14-24-12-10-22-8-6-19(20)18(3)4/h17-18H,5-16H2,1-4H3. The third-order valence-corrected chi connectivity index (χ3v) is 3.46. The Bertz CT molecular complexity index is 294. The van der Waals surface area contributed by atoms with Crippen molar-refractivity contribution >= 4 is 5.78 Å². The van der Waals surface area contributed by atoms with Gasteiger partial charge in [-0.3, -0.25) is 4.79 Å². The monoisotopic (exact) mass is 362 g/mol. The van der Waals surface area contributed by atoms with Crippen molar-refractivity contribution in [3.63, 3.8) is 0 Å². The van der Waals surface area contributed by atoms with E-state index in [1.54, 1.807) is 0 Å². The van der Waals surface area contributed by atoms with Gasteiger partial charge in [0, 0.05) is 18.9 Å². The van der Waals surface area contributed by atoms with Gasteiger partial charge in [0.1, 0.15) is 5.78 Å². The highest BCUT2D eigenvalue weighted by Gasteiger charge is 2.05. The van der Waals surface area contributed by atoms with Crippen LogP contribution in [0.15, 0.2) is 0 Å². The van der Waals surface area contributed by atoms with E-state index in [1.807, 2.05) is 13.8 Å². The molecule has 0 radical (unpaired) electrons. The Balaban J connectivity index is 3.06. The maximum absolute atomic E-state index is 11.4. The van der Waals surface area contributed by atoms with E-state index in [1.165, 1.54) is 0 Å². The first-order valence-corrected chi connectivity index (χ1v) is 9.45. The van der Waals surface area contributed by atoms with Gasteiger partial charge in [-0.1, -0.05) is 27.7 Å². The van der Waals surface area contributed by atoms with Crippen molar-refractivity contribution in [2.24, 2.45) is 11.8 Å². The van der Waals surface area contributed by atoms with Gasteiger partial charge < -0.3 is 23.7 Å². The number of hydrogen-bond donors (Lipinski definition) is 0. The number of rotatable bonds is 19. The van der Waals surface area contributed by atoms with E-state index in [4.69, 9.17) is 23.7 Å². The molecular weight excluding hydrogens is 324 g/mol. The first kappa shape index (κ1) is 24.5. The summed E-state index contributed by atoms with van der Waals surface area (Å²) in [5.41, 5.74) is 0. The lowest BCUT2D eigenvalue weighted by Crippen LogP contribution is -2.14. The molecule has 0 aliphatic carbocycles. The minimum Gasteiger partial charge on any atom is -0.379 e. The summed E-state index contributed by atoms with van der Waals surface area (Å²) in [6.07, 6.45) is 1.56. The summed E-state index contributed by atoms with van der Waals surface area (Å²) in [5.74, 6) is 0.995. The second-order valence-electron chi connectivity index (χ2n) is 6.62. The summed E-state index contributed by atoms with van der Waals surface area (Å²) in [6, 6.07) is 0. The summed E-state index contributed by atoms with van der Waals surface area (Å²) >= 11 is 0. The summed E-state index contributed by atoms with van der Waals surface area (Å²) < 4.78 is 27.0. The maximum atomic E-state index is 11.4. The molecule has 0 rings (SSSR count). The molecule has 0 N–H and O–H groups in total. The van der Waals surface area contributed by atoms with Crippen molar-refractivity contribution in [1.82, 2.24) is 0 Å². The van der Waals surface area contributed by atoms with E-state index in [2.05, 4.69) is 13.8 Å². The van der Waals surface area contributed by atoms with Gasteiger partial charge in [-0.15, -0.1) is 0 Å². The van der Waals surface area contributed by atoms with Crippen LogP contribution in [0.4, 0.5) is 0 Å². The van der Waals surface area contributed by atoms with Crippen LogP contribution in [0.2, 0.25) is 0 Å². The highest BCUT2D eigenvalue weighted by atomic mass is 16.6. The molecule has 0 heterocycles. The second-order valence-corrected chi connectivity index (χ2v) is 6.62. The Labute approximate surface area is 153 Å². The number of hydrogen-bond acceptors (Lipinski definition) is 6. The number of Topliss-reactive ketones (excluding diaryl/α,β-unsaturated/α-hetero) is 1. The molecule has 150 valence electrons. The smallest absolute Gasteiger partial charge is 0.137 e. The molecular formula is C19H38O6. The van der Waals surface area contributed by atoms with Crippen LogP contribution in [-0.2, 0) is 28.5 Å². The van der Waals surface area contributed by atoms with Crippen LogP contribution in [0.3, 0.4) is 0 Å². The van der Waals surface area contributed by atoms with Gasteiger partial charge in [-0.05, 0) is 12.3 Å². The van der Waals surface area contributed by atoms with Crippen LogP contribution in [-0.4, -0.2) is 71.9 Å². The third-order valence-electron chi connectivity index (χ3n) is 3.46. The molecule has 0 fully saturated rings. The van der Waals surface area contributed by atoms with Gasteiger partial charge in [0.25, 0.3) is 0 Å². The maximum Gasteiger partial charge on any atom is 0.137 e. The Hall–Kier alpha value is -0.530. The quantitative estimate of drug-likeness (QED) is 0.329. The Morgan fingerprint density at radius 1 is 0.600 bits per heavy atom. The van der Waals surface area contributed by atoms with Crippen molar-refractivity contribution in [2.45, 2.75) is 40.5 Å². The zero-order valence-corrected chi connectivity index (χ0v) is 16.6. The molecule has 25 heavy (non-hydrogen) atoms. The molecule has 0 aromatic rings. The molecule has 0 bridgehead atoms. The van der Waals surface area contributed by atoms with E-state index in [9.17, 15) is 4.79 Å². The number of ketones is 1. The van der Waals surface area contributed by atoms with Gasteiger partial charge in [-0.2, -0.15) is 0 Å². The van der Waals surface area contributed by atoms with Gasteiger partial charge in [0.2, 0.25) is 0 Å². The normalized spacial score (nSPS) is 11.6. The van der Waals surface area contributed by atoms with Gasteiger partial charge >= 0.3 is 0 Å². The Morgan fingerprint density at radius 2 is 0.960 bits per heavy atom. The number of carbonyl (C=O) groups excluding carboxylic acids is 1. The zero-order chi connectivity index (χ0) is 18.8. The average Bonchev–Trinajstić information content (AvgIpc) is 2.57. The predicted molar refractivity (Wildman–Crippen MR) is 98.0 cm³/mol. The van der Waals surface area contributed by atoms with Gasteiger partial charge in [-0.25, -0.2) is 0 Å². The van der Waals surface area contributed by atoms with Crippen molar-refractivity contribution in [2.75, 3.05) is 66.1 Å². The SMILES string of the molecule is CC(C)CCOCCOCCOCCOCCOCCC(=O)C(C)C. The fraction of sp³-hybridized carbons (Fsp3) is 0.947. The summed E-state index contributed by atoms with van der Waals surface area (Å²) in [4.78, 5) is 11.4. The first-order valence-electron chi connectivity index (χ1n) is 9.45. The van der Waals surface area contributed by atoms with Crippen LogP contribution in [0, 0.1) is 11.8 Å². The summed E-state index contributed by atoms with van der Waals surface area (Å²) in [6.45, 7) is 13.9. The van der Waals surface area contributed by atoms with Crippen molar-refractivity contribution in [3.8, 4) is 0 Å². The van der Waals surface area contributed by atoms with Crippen LogP contribution in [0.1, 0.15) is 40.5 Å². The molecule has 0 amide bonds. The molecule has 0 aliphatic rings. The lowest BCUT2D eigenvalue weighted by atomic mass is 10.1. The van der Waals surface area contributed by atoms with Crippen molar-refractivity contribution < 1.29 is 28.5 Å². The van der Waals surface area contributed by atoms with Gasteiger partial charge in [0.05, 0.1) is 59.5 Å². The molecule has 0 unspecified atom stereocenters. The van der Waals surface area contributed by atoms with E-state index in [0.29, 0.717) is 71.8 Å². The molecule has 0 atom stereocenters. The zero-order valence-electron chi connectivity index (χ0n) is 16.6. The van der Waals surface area contributed by atoms with Crippen LogP contribution in [0.5, 0.6) is 0 Å². The fourth-order valence-corrected chi connectivity index (χ4v) is 1.76. The predicted octanol–water partition coefficient (Wildman–Crippen LogP) is 2.73. The molecule has 0 aromatic heterocycles. The average molecular weight is 363 g/mol. The minimum absolute atomic E-state index is 0.0818. The fourth-order valence-electron chi connectivity index (χ4n) is 1.76. The lowest BCUT2D eigenvalue weighted by Gasteiger charge is -2.08. The summed E-state index contributed by atoms with van der Waals surface area (Å²) in [5, 5.41) is 0. The van der Waals surface area contributed by atoms with Crippen LogP contribution >= 0.6 is 0 Å². The van der Waals surface area contributed by atoms with Gasteiger partial charge in [0.15, 0.2) is 0 Å². The topological polar surface area (TPSA) is 63.2 Å². The Kier molecular flexibility index (Phi) is 17.9. The largest absolute Gasteiger partial charge is 0.379 e. The third kappa shape index (κ3) is 19.6. The molecule has 6 heteroatoms. The highest BCUT2D eigenvalue weighted by Crippen LogP contribution is 1.99. The molecule has 0 aliphatic heterocycles. The van der Waals surface area contributed by atoms with E-state index in [0.717, 1.165) is 13.0 Å². The van der Waals surface area contributed by atoms with Crippen molar-refractivity contribution in [1.29, 1.82) is 0 Å².